The van der Waals surface area contributed by atoms with Gasteiger partial charge in [0.25, 0.3) is 0 Å². The number of hydrogen-bond donors (Lipinski definition) is 0. The summed E-state index contributed by atoms with van der Waals surface area (Å²) in [5.41, 5.74) is 2.17. The molecule has 0 saturated carbocycles. The van der Waals surface area contributed by atoms with Crippen molar-refractivity contribution in [3.05, 3.63) is 120 Å². The maximum atomic E-state index is 14.2. The summed E-state index contributed by atoms with van der Waals surface area (Å²) < 4.78 is 51.6. The quantitative estimate of drug-likeness (QED) is 0.237. The summed E-state index contributed by atoms with van der Waals surface area (Å²) in [7, 11) is 0. The Hall–Kier alpha value is -5.47. The van der Waals surface area contributed by atoms with E-state index in [9.17, 15) is 23.7 Å². The summed E-state index contributed by atoms with van der Waals surface area (Å²) in [6.07, 6.45) is -1.19. The molecule has 0 radical (unpaired) electrons. The Balaban J connectivity index is 1.33. The summed E-state index contributed by atoms with van der Waals surface area (Å²) in [5, 5.41) is 20.2. The molecule has 0 N–H and O–H groups in total. The van der Waals surface area contributed by atoms with E-state index in [0.717, 1.165) is 28.0 Å². The molecule has 8 heteroatoms. The first-order chi connectivity index (χ1) is 18.8. The van der Waals surface area contributed by atoms with Crippen LogP contribution in [0.15, 0.2) is 103 Å². The van der Waals surface area contributed by atoms with Crippen molar-refractivity contribution >= 4 is 21.8 Å². The molecule has 0 aliphatic rings. The maximum absolute atomic E-state index is 14.2. The van der Waals surface area contributed by atoms with Gasteiger partial charge < -0.3 is 13.9 Å². The van der Waals surface area contributed by atoms with E-state index in [1.165, 1.54) is 16.7 Å². The monoisotopic (exact) mass is 518 g/mol. The number of rotatable bonds is 4. The molecule has 0 aliphatic heterocycles. The van der Waals surface area contributed by atoms with Crippen molar-refractivity contribution in [2.45, 2.75) is 6.18 Å². The average Bonchev–Trinajstić information content (AvgIpc) is 3.56. The molecule has 2 aromatic heterocycles. The summed E-state index contributed by atoms with van der Waals surface area (Å²) in [6.45, 7) is 0. The lowest BCUT2D eigenvalue weighted by atomic mass is 10.1. The van der Waals surface area contributed by atoms with Gasteiger partial charge in [-0.25, -0.2) is 0 Å². The Morgan fingerprint density at radius 2 is 1.18 bits per heavy atom. The van der Waals surface area contributed by atoms with E-state index in [1.54, 1.807) is 66.9 Å². The Morgan fingerprint density at radius 1 is 0.615 bits per heavy atom. The van der Waals surface area contributed by atoms with Gasteiger partial charge in [-0.05, 0) is 78.9 Å². The average molecular weight is 518 g/mol. The highest BCUT2D eigenvalue weighted by atomic mass is 19.4. The predicted molar refractivity (Wildman–Crippen MR) is 141 cm³/mol. The predicted octanol–water partition coefficient (Wildman–Crippen LogP) is 8.13. The lowest BCUT2D eigenvalue weighted by Crippen LogP contribution is -2.10. The van der Waals surface area contributed by atoms with Crippen LogP contribution < -0.4 is 4.74 Å². The van der Waals surface area contributed by atoms with Crippen LogP contribution in [-0.4, -0.2) is 9.13 Å². The van der Waals surface area contributed by atoms with E-state index in [-0.39, 0.29) is 11.4 Å². The number of aromatic nitrogens is 2. The molecule has 0 amide bonds. The van der Waals surface area contributed by atoms with Crippen LogP contribution in [0.3, 0.4) is 0 Å². The van der Waals surface area contributed by atoms with Gasteiger partial charge in [0.15, 0.2) is 0 Å². The molecule has 0 aliphatic carbocycles. The van der Waals surface area contributed by atoms with Crippen LogP contribution in [0.4, 0.5) is 13.2 Å². The van der Waals surface area contributed by atoms with E-state index in [2.05, 4.69) is 6.07 Å². The van der Waals surface area contributed by atoms with Crippen molar-refractivity contribution in [3.8, 4) is 35.0 Å². The van der Waals surface area contributed by atoms with Crippen molar-refractivity contribution in [2.24, 2.45) is 0 Å². The molecule has 0 spiro atoms. The second-order valence-corrected chi connectivity index (χ2v) is 8.91. The van der Waals surface area contributed by atoms with Gasteiger partial charge in [-0.15, -0.1) is 0 Å². The number of hydrogen-bond acceptors (Lipinski definition) is 3. The highest BCUT2D eigenvalue weighted by Crippen LogP contribution is 2.38. The lowest BCUT2D eigenvalue weighted by molar-refractivity contribution is -0.137. The first kappa shape index (κ1) is 23.9. The number of benzene rings is 4. The smallest absolute Gasteiger partial charge is 0.418 e. The topological polar surface area (TPSA) is 66.7 Å². The Labute approximate surface area is 220 Å². The van der Waals surface area contributed by atoms with Crippen LogP contribution in [0, 0.1) is 22.7 Å². The zero-order valence-corrected chi connectivity index (χ0v) is 20.1. The minimum absolute atomic E-state index is 0.0399. The van der Waals surface area contributed by atoms with E-state index < -0.39 is 11.7 Å². The molecule has 39 heavy (non-hydrogen) atoms. The Morgan fingerprint density at radius 3 is 1.77 bits per heavy atom. The van der Waals surface area contributed by atoms with Crippen LogP contribution in [0.2, 0.25) is 0 Å². The first-order valence-corrected chi connectivity index (χ1v) is 11.9. The van der Waals surface area contributed by atoms with Crippen LogP contribution >= 0.6 is 0 Å². The molecule has 2 heterocycles. The molecule has 4 aromatic carbocycles. The van der Waals surface area contributed by atoms with Crippen LogP contribution in [0.5, 0.6) is 11.5 Å². The van der Waals surface area contributed by atoms with Gasteiger partial charge in [-0.2, -0.15) is 23.7 Å². The Bertz CT molecular complexity index is 1950. The summed E-state index contributed by atoms with van der Waals surface area (Å²) in [6, 6.07) is 28.9. The fourth-order valence-electron chi connectivity index (χ4n) is 4.66. The van der Waals surface area contributed by atoms with Gasteiger partial charge in [-0.3, -0.25) is 0 Å². The molecule has 5 nitrogen and oxygen atoms in total. The molecule has 188 valence electrons. The van der Waals surface area contributed by atoms with Gasteiger partial charge in [0.05, 0.1) is 45.5 Å². The third kappa shape index (κ3) is 4.35. The third-order valence-electron chi connectivity index (χ3n) is 6.53. The van der Waals surface area contributed by atoms with E-state index in [4.69, 9.17) is 4.74 Å². The molecular formula is C31H17F3N4O. The third-order valence-corrected chi connectivity index (χ3v) is 6.53. The van der Waals surface area contributed by atoms with Crippen LogP contribution in [-0.2, 0) is 6.18 Å². The normalized spacial score (nSPS) is 11.4. The number of nitriles is 2. The van der Waals surface area contributed by atoms with Crippen LogP contribution in [0.1, 0.15) is 16.7 Å². The zero-order chi connectivity index (χ0) is 27.1. The van der Waals surface area contributed by atoms with Gasteiger partial charge in [0, 0.05) is 28.9 Å². The number of halogens is 3. The highest BCUT2D eigenvalue weighted by Gasteiger charge is 2.35. The lowest BCUT2D eigenvalue weighted by Gasteiger charge is -2.17. The minimum atomic E-state index is -4.64. The molecule has 6 aromatic rings. The number of alkyl halides is 3. The summed E-state index contributed by atoms with van der Waals surface area (Å²) in [4.78, 5) is 0. The van der Waals surface area contributed by atoms with Crippen molar-refractivity contribution in [3.63, 3.8) is 0 Å². The van der Waals surface area contributed by atoms with E-state index in [0.29, 0.717) is 22.4 Å². The molecular weight excluding hydrogens is 501 g/mol. The van der Waals surface area contributed by atoms with Gasteiger partial charge in [0.2, 0.25) is 0 Å². The molecule has 0 saturated heterocycles. The van der Waals surface area contributed by atoms with Gasteiger partial charge >= 0.3 is 6.18 Å². The van der Waals surface area contributed by atoms with Crippen molar-refractivity contribution < 1.29 is 17.9 Å². The molecule has 6 rings (SSSR count). The first-order valence-electron chi connectivity index (χ1n) is 11.9. The molecule has 0 atom stereocenters. The second kappa shape index (κ2) is 9.13. The fraction of sp³-hybridized carbons (Fsp3) is 0.0323. The van der Waals surface area contributed by atoms with Gasteiger partial charge in [0.1, 0.15) is 11.5 Å². The van der Waals surface area contributed by atoms with Crippen molar-refractivity contribution in [1.82, 2.24) is 9.13 Å². The number of fused-ring (bicyclic) bond motifs is 2. The minimum Gasteiger partial charge on any atom is -0.457 e. The zero-order valence-electron chi connectivity index (χ0n) is 20.1. The van der Waals surface area contributed by atoms with E-state index in [1.807, 2.05) is 29.0 Å². The summed E-state index contributed by atoms with van der Waals surface area (Å²) >= 11 is 0. The standard InChI is InChI=1S/C31H17F3N4O/c32-31(33,34)27-17-26(9-10-28(27)38-14-12-23-4-2-21(19-36)16-30(23)38)39-25-7-5-24(6-8-25)37-13-11-22-3-1-20(18-35)15-29(22)37/h1-17H. The van der Waals surface area contributed by atoms with Crippen LogP contribution in [0.25, 0.3) is 33.2 Å². The molecule has 0 unspecified atom stereocenters. The number of nitrogens with zero attached hydrogens (tertiary/aromatic N) is 4. The highest BCUT2D eigenvalue weighted by molar-refractivity contribution is 5.84. The SMILES string of the molecule is N#Cc1ccc2ccn(-c3ccc(Oc4ccc(-n5ccc6ccc(C#N)cc65)c(C(F)(F)F)c4)cc3)c2c1. The van der Waals surface area contributed by atoms with E-state index >= 15 is 0 Å². The largest absolute Gasteiger partial charge is 0.457 e. The fourth-order valence-corrected chi connectivity index (χ4v) is 4.66. The Kier molecular flexibility index (Phi) is 5.59. The maximum Gasteiger partial charge on any atom is 0.418 e. The van der Waals surface area contributed by atoms with Gasteiger partial charge in [-0.1, -0.05) is 12.1 Å². The summed E-state index contributed by atoms with van der Waals surface area (Å²) in [5.74, 6) is 0.414. The second-order valence-electron chi connectivity index (χ2n) is 8.91. The van der Waals surface area contributed by atoms with Crippen molar-refractivity contribution in [1.29, 1.82) is 10.5 Å². The number of ether oxygens (including phenoxy) is 1. The van der Waals surface area contributed by atoms with Crippen molar-refractivity contribution in [2.75, 3.05) is 0 Å². The molecule has 0 bridgehead atoms. The molecule has 0 fully saturated rings.